The van der Waals surface area contributed by atoms with Crippen LogP contribution in [-0.4, -0.2) is 58.6 Å². The zero-order chi connectivity index (χ0) is 23.3. The van der Waals surface area contributed by atoms with Crippen LogP contribution >= 0.6 is 0 Å². The summed E-state index contributed by atoms with van der Waals surface area (Å²) in [5.41, 5.74) is 1.99. The van der Waals surface area contributed by atoms with Gasteiger partial charge < -0.3 is 18.6 Å². The van der Waals surface area contributed by atoms with Gasteiger partial charge in [0.2, 0.25) is 5.82 Å². The van der Waals surface area contributed by atoms with E-state index in [9.17, 15) is 9.18 Å². The molecular formula is C25H23FN4O4. The third-order valence-electron chi connectivity index (χ3n) is 5.65. The fourth-order valence-electron chi connectivity index (χ4n) is 3.83. The Kier molecular flexibility index (Phi) is 6.35. The summed E-state index contributed by atoms with van der Waals surface area (Å²) in [6, 6.07) is 17.2. The number of amides is 1. The number of carbonyl (C=O) groups is 1. The van der Waals surface area contributed by atoms with Crippen molar-refractivity contribution in [3.8, 4) is 28.8 Å². The molecule has 0 radical (unpaired) electrons. The molecule has 0 saturated carbocycles. The number of carbonyl (C=O) groups excluding carboxylic acids is 1. The number of ether oxygens (including phenoxy) is 1. The molecule has 1 saturated heterocycles. The van der Waals surface area contributed by atoms with Gasteiger partial charge in [-0.3, -0.25) is 9.69 Å². The van der Waals surface area contributed by atoms with Crippen LogP contribution in [0.15, 0.2) is 75.9 Å². The molecule has 1 amide bonds. The molecule has 34 heavy (non-hydrogen) atoms. The van der Waals surface area contributed by atoms with Gasteiger partial charge >= 0.3 is 0 Å². The minimum Gasteiger partial charge on any atom is -0.484 e. The summed E-state index contributed by atoms with van der Waals surface area (Å²) in [7, 11) is 0. The smallest absolute Gasteiger partial charge is 0.293 e. The molecule has 0 N–H and O–H groups in total. The van der Waals surface area contributed by atoms with Crippen LogP contribution in [0, 0.1) is 5.82 Å². The molecule has 174 valence electrons. The zero-order valence-corrected chi connectivity index (χ0v) is 18.4. The first-order valence-corrected chi connectivity index (χ1v) is 11.0. The van der Waals surface area contributed by atoms with Gasteiger partial charge in [-0.25, -0.2) is 4.39 Å². The second-order valence-corrected chi connectivity index (χ2v) is 8.00. The Balaban J connectivity index is 1.13. The first-order chi connectivity index (χ1) is 16.6. The van der Waals surface area contributed by atoms with Gasteiger partial charge in [0, 0.05) is 38.3 Å². The lowest BCUT2D eigenvalue weighted by atomic mass is 10.1. The number of halogens is 1. The highest BCUT2D eigenvalue weighted by Crippen LogP contribution is 2.23. The Hall–Kier alpha value is -3.98. The van der Waals surface area contributed by atoms with Gasteiger partial charge in [-0.1, -0.05) is 23.4 Å². The summed E-state index contributed by atoms with van der Waals surface area (Å²) < 4.78 is 29.1. The van der Waals surface area contributed by atoms with Crippen molar-refractivity contribution in [1.29, 1.82) is 0 Å². The largest absolute Gasteiger partial charge is 0.484 e. The molecule has 0 unspecified atom stereocenters. The summed E-state index contributed by atoms with van der Waals surface area (Å²) in [6.45, 7) is 3.48. The van der Waals surface area contributed by atoms with E-state index in [2.05, 4.69) is 21.1 Å². The fourth-order valence-corrected chi connectivity index (χ4v) is 3.83. The lowest BCUT2D eigenvalue weighted by molar-refractivity contribution is -0.135. The summed E-state index contributed by atoms with van der Waals surface area (Å²) >= 11 is 0. The number of hydrogen-bond acceptors (Lipinski definition) is 7. The molecule has 8 nitrogen and oxygen atoms in total. The van der Waals surface area contributed by atoms with Crippen molar-refractivity contribution in [3.63, 3.8) is 0 Å². The van der Waals surface area contributed by atoms with Crippen molar-refractivity contribution in [2.75, 3.05) is 32.8 Å². The molecule has 2 aromatic heterocycles. The molecule has 3 heterocycles. The standard InChI is InChI=1S/C25H23FN4O4/c26-20-6-8-21(9-7-20)33-17-23(31)30-12-10-29(11-13-30)16-18-3-1-4-19(15-18)24-27-25(34-28-24)22-5-2-14-32-22/h1-9,14-15H,10-13,16-17H2. The SMILES string of the molecule is O=C(COc1ccc(F)cc1)N1CCN(Cc2cccc(-c3noc(-c4ccco4)n3)c2)CC1. The van der Waals surface area contributed by atoms with Crippen molar-refractivity contribution in [2.24, 2.45) is 0 Å². The molecule has 0 spiro atoms. The highest BCUT2D eigenvalue weighted by Gasteiger charge is 2.22. The van der Waals surface area contributed by atoms with Crippen LogP contribution in [0.4, 0.5) is 4.39 Å². The van der Waals surface area contributed by atoms with E-state index in [4.69, 9.17) is 13.7 Å². The lowest BCUT2D eigenvalue weighted by Crippen LogP contribution is -2.49. The highest BCUT2D eigenvalue weighted by molar-refractivity contribution is 5.77. The van der Waals surface area contributed by atoms with E-state index in [0.717, 1.165) is 30.8 Å². The second-order valence-electron chi connectivity index (χ2n) is 8.00. The molecule has 5 rings (SSSR count). The molecule has 2 aromatic carbocycles. The number of nitrogens with zero attached hydrogens (tertiary/aromatic N) is 4. The molecule has 0 aliphatic carbocycles. The minimum absolute atomic E-state index is 0.0572. The summed E-state index contributed by atoms with van der Waals surface area (Å²) in [5.74, 6) is 1.45. The normalized spacial score (nSPS) is 14.3. The Labute approximate surface area is 195 Å². The van der Waals surface area contributed by atoms with Crippen LogP contribution in [0.2, 0.25) is 0 Å². The second kappa shape index (κ2) is 9.88. The predicted octanol–water partition coefficient (Wildman–Crippen LogP) is 3.86. The number of aromatic nitrogens is 2. The monoisotopic (exact) mass is 462 g/mol. The molecule has 4 aromatic rings. The van der Waals surface area contributed by atoms with Crippen molar-refractivity contribution in [2.45, 2.75) is 6.54 Å². The first kappa shape index (κ1) is 21.8. The van der Waals surface area contributed by atoms with E-state index in [1.165, 1.54) is 24.3 Å². The van der Waals surface area contributed by atoms with E-state index in [0.29, 0.717) is 36.3 Å². The molecule has 1 aliphatic rings. The summed E-state index contributed by atoms with van der Waals surface area (Å²) in [5, 5.41) is 4.07. The third-order valence-corrected chi connectivity index (χ3v) is 5.65. The number of piperazine rings is 1. The van der Waals surface area contributed by atoms with Crippen LogP contribution < -0.4 is 4.74 Å². The number of rotatable bonds is 7. The van der Waals surface area contributed by atoms with Gasteiger partial charge in [0.25, 0.3) is 11.8 Å². The number of furan rings is 1. The van der Waals surface area contributed by atoms with E-state index in [1.807, 2.05) is 18.2 Å². The maximum absolute atomic E-state index is 13.0. The van der Waals surface area contributed by atoms with Crippen molar-refractivity contribution < 1.29 is 22.9 Å². The van der Waals surface area contributed by atoms with E-state index in [1.54, 1.807) is 23.3 Å². The number of hydrogen-bond donors (Lipinski definition) is 0. The Morgan fingerprint density at radius 1 is 1.03 bits per heavy atom. The molecule has 0 atom stereocenters. The maximum atomic E-state index is 13.0. The third kappa shape index (κ3) is 5.15. The van der Waals surface area contributed by atoms with E-state index >= 15 is 0 Å². The fraction of sp³-hybridized carbons (Fsp3) is 0.240. The first-order valence-electron chi connectivity index (χ1n) is 11.0. The molecule has 1 fully saturated rings. The van der Waals surface area contributed by atoms with Gasteiger partial charge in [-0.2, -0.15) is 4.98 Å². The zero-order valence-electron chi connectivity index (χ0n) is 18.4. The van der Waals surface area contributed by atoms with Crippen LogP contribution in [0.5, 0.6) is 5.75 Å². The van der Waals surface area contributed by atoms with E-state index < -0.39 is 0 Å². The van der Waals surface area contributed by atoms with Gasteiger partial charge in [-0.15, -0.1) is 0 Å². The molecule has 0 bridgehead atoms. The highest BCUT2D eigenvalue weighted by atomic mass is 19.1. The van der Waals surface area contributed by atoms with Gasteiger partial charge in [0.1, 0.15) is 11.6 Å². The van der Waals surface area contributed by atoms with Gasteiger partial charge in [0.15, 0.2) is 12.4 Å². The molecule has 9 heteroatoms. The van der Waals surface area contributed by atoms with Gasteiger partial charge in [0.05, 0.1) is 6.26 Å². The van der Waals surface area contributed by atoms with Crippen molar-refractivity contribution >= 4 is 5.91 Å². The summed E-state index contributed by atoms with van der Waals surface area (Å²) in [4.78, 5) is 21.0. The van der Waals surface area contributed by atoms with E-state index in [-0.39, 0.29) is 18.3 Å². The van der Waals surface area contributed by atoms with Crippen LogP contribution in [-0.2, 0) is 11.3 Å². The Morgan fingerprint density at radius 2 is 1.85 bits per heavy atom. The van der Waals surface area contributed by atoms with Crippen LogP contribution in [0.25, 0.3) is 23.0 Å². The van der Waals surface area contributed by atoms with Crippen molar-refractivity contribution in [3.05, 3.63) is 78.3 Å². The van der Waals surface area contributed by atoms with Crippen molar-refractivity contribution in [1.82, 2.24) is 19.9 Å². The average Bonchev–Trinajstić information content (AvgIpc) is 3.57. The predicted molar refractivity (Wildman–Crippen MR) is 121 cm³/mol. The van der Waals surface area contributed by atoms with Crippen LogP contribution in [0.3, 0.4) is 0 Å². The number of benzene rings is 2. The topological polar surface area (TPSA) is 84.8 Å². The van der Waals surface area contributed by atoms with Gasteiger partial charge in [-0.05, 0) is 48.0 Å². The maximum Gasteiger partial charge on any atom is 0.293 e. The molecular weight excluding hydrogens is 439 g/mol. The van der Waals surface area contributed by atoms with Crippen LogP contribution in [0.1, 0.15) is 5.56 Å². The quantitative estimate of drug-likeness (QED) is 0.412. The Morgan fingerprint density at radius 3 is 2.62 bits per heavy atom. The summed E-state index contributed by atoms with van der Waals surface area (Å²) in [6.07, 6.45) is 1.56. The minimum atomic E-state index is -0.337. The average molecular weight is 462 g/mol. The Bertz CT molecular complexity index is 1230. The lowest BCUT2D eigenvalue weighted by Gasteiger charge is -2.34. The molecule has 1 aliphatic heterocycles.